The maximum absolute atomic E-state index is 11.5. The molecular formula is C15H23NO3S. The number of rotatable bonds is 4. The molecule has 1 N–H and O–H groups in total. The standard InChI is InChI=1S/C15H23NO3S/c1-13-4-2-5-14(12-13)15(17)6-8-16-7-3-10-20(18,19)11-9-16/h2,4-5,12,15,17H,3,6-11H2,1H3. The van der Waals surface area contributed by atoms with Crippen molar-refractivity contribution in [2.75, 3.05) is 31.1 Å². The third-order valence-electron chi connectivity index (χ3n) is 3.79. The van der Waals surface area contributed by atoms with Gasteiger partial charge in [-0.3, -0.25) is 0 Å². The maximum Gasteiger partial charge on any atom is 0.151 e. The molecule has 1 unspecified atom stereocenters. The van der Waals surface area contributed by atoms with Gasteiger partial charge >= 0.3 is 0 Å². The van der Waals surface area contributed by atoms with Crippen molar-refractivity contribution < 1.29 is 13.5 Å². The normalized spacial score (nSPS) is 21.3. The topological polar surface area (TPSA) is 57.6 Å². The van der Waals surface area contributed by atoms with Gasteiger partial charge in [0.1, 0.15) is 0 Å². The molecule has 1 saturated heterocycles. The van der Waals surface area contributed by atoms with Crippen LogP contribution in [0.1, 0.15) is 30.1 Å². The Labute approximate surface area is 121 Å². The van der Waals surface area contributed by atoms with Crippen molar-refractivity contribution in [2.45, 2.75) is 25.9 Å². The minimum Gasteiger partial charge on any atom is -0.388 e. The van der Waals surface area contributed by atoms with E-state index in [1.54, 1.807) is 0 Å². The van der Waals surface area contributed by atoms with E-state index in [1.807, 2.05) is 31.2 Å². The van der Waals surface area contributed by atoms with E-state index >= 15 is 0 Å². The van der Waals surface area contributed by atoms with Gasteiger partial charge in [0, 0.05) is 13.1 Å². The summed E-state index contributed by atoms with van der Waals surface area (Å²) in [4.78, 5) is 2.14. The molecule has 1 aliphatic rings. The molecule has 0 amide bonds. The molecule has 2 rings (SSSR count). The zero-order chi connectivity index (χ0) is 14.6. The predicted octanol–water partition coefficient (Wildman–Crippen LogP) is 1.54. The molecule has 20 heavy (non-hydrogen) atoms. The van der Waals surface area contributed by atoms with E-state index in [4.69, 9.17) is 0 Å². The number of aliphatic hydroxyl groups is 1. The Morgan fingerprint density at radius 1 is 1.30 bits per heavy atom. The van der Waals surface area contributed by atoms with Crippen LogP contribution in [0.5, 0.6) is 0 Å². The van der Waals surface area contributed by atoms with Gasteiger partial charge in [-0.05, 0) is 31.9 Å². The molecule has 0 bridgehead atoms. The van der Waals surface area contributed by atoms with Crippen LogP contribution in [0.25, 0.3) is 0 Å². The molecule has 0 aliphatic carbocycles. The van der Waals surface area contributed by atoms with Crippen LogP contribution in [0.4, 0.5) is 0 Å². The Balaban J connectivity index is 1.86. The average molecular weight is 297 g/mol. The first-order valence-electron chi connectivity index (χ1n) is 7.14. The van der Waals surface area contributed by atoms with Gasteiger partial charge in [-0.25, -0.2) is 8.42 Å². The van der Waals surface area contributed by atoms with Gasteiger partial charge in [0.05, 0.1) is 17.6 Å². The van der Waals surface area contributed by atoms with Gasteiger partial charge in [0.15, 0.2) is 9.84 Å². The van der Waals surface area contributed by atoms with E-state index in [2.05, 4.69) is 4.90 Å². The molecule has 1 aromatic carbocycles. The minimum absolute atomic E-state index is 0.244. The first-order chi connectivity index (χ1) is 9.46. The van der Waals surface area contributed by atoms with Crippen LogP contribution in [-0.2, 0) is 9.84 Å². The number of nitrogens with zero attached hydrogens (tertiary/aromatic N) is 1. The number of hydrogen-bond acceptors (Lipinski definition) is 4. The van der Waals surface area contributed by atoms with Crippen molar-refractivity contribution in [1.82, 2.24) is 4.90 Å². The van der Waals surface area contributed by atoms with Gasteiger partial charge in [0.25, 0.3) is 0 Å². The second-order valence-electron chi connectivity index (χ2n) is 5.57. The van der Waals surface area contributed by atoms with E-state index < -0.39 is 15.9 Å². The SMILES string of the molecule is Cc1cccc(C(O)CCN2CCCS(=O)(=O)CC2)c1. The number of aliphatic hydroxyl groups excluding tert-OH is 1. The van der Waals surface area contributed by atoms with E-state index in [1.165, 1.54) is 0 Å². The summed E-state index contributed by atoms with van der Waals surface area (Å²) in [6.45, 7) is 4.14. The highest BCUT2D eigenvalue weighted by Gasteiger charge is 2.19. The summed E-state index contributed by atoms with van der Waals surface area (Å²) >= 11 is 0. The molecule has 1 atom stereocenters. The zero-order valence-electron chi connectivity index (χ0n) is 12.0. The molecule has 1 aromatic rings. The lowest BCUT2D eigenvalue weighted by Crippen LogP contribution is -2.29. The van der Waals surface area contributed by atoms with Crippen LogP contribution in [0.3, 0.4) is 0 Å². The summed E-state index contributed by atoms with van der Waals surface area (Å²) in [6.07, 6.45) is 0.863. The van der Waals surface area contributed by atoms with Crippen LogP contribution in [-0.4, -0.2) is 49.6 Å². The van der Waals surface area contributed by atoms with E-state index in [0.717, 1.165) is 24.2 Å². The largest absolute Gasteiger partial charge is 0.388 e. The van der Waals surface area contributed by atoms with Crippen molar-refractivity contribution in [1.29, 1.82) is 0 Å². The molecular weight excluding hydrogens is 274 g/mol. The second kappa shape index (κ2) is 6.70. The fraction of sp³-hybridized carbons (Fsp3) is 0.600. The molecule has 1 fully saturated rings. The van der Waals surface area contributed by atoms with Crippen molar-refractivity contribution in [3.8, 4) is 0 Å². The third-order valence-corrected chi connectivity index (χ3v) is 5.51. The summed E-state index contributed by atoms with van der Waals surface area (Å²) in [5.41, 5.74) is 2.08. The first kappa shape index (κ1) is 15.5. The Morgan fingerprint density at radius 2 is 2.10 bits per heavy atom. The Hall–Kier alpha value is -0.910. The highest BCUT2D eigenvalue weighted by atomic mass is 32.2. The molecule has 1 aliphatic heterocycles. The molecule has 1 heterocycles. The predicted molar refractivity (Wildman–Crippen MR) is 80.5 cm³/mol. The van der Waals surface area contributed by atoms with Gasteiger partial charge in [-0.2, -0.15) is 0 Å². The lowest BCUT2D eigenvalue weighted by molar-refractivity contribution is 0.144. The van der Waals surface area contributed by atoms with Crippen LogP contribution >= 0.6 is 0 Å². The third kappa shape index (κ3) is 4.58. The van der Waals surface area contributed by atoms with Gasteiger partial charge in [-0.15, -0.1) is 0 Å². The molecule has 112 valence electrons. The number of benzene rings is 1. The van der Waals surface area contributed by atoms with Gasteiger partial charge in [-0.1, -0.05) is 29.8 Å². The quantitative estimate of drug-likeness (QED) is 0.916. The molecule has 0 saturated carbocycles. The monoisotopic (exact) mass is 297 g/mol. The fourth-order valence-electron chi connectivity index (χ4n) is 2.56. The molecule has 0 radical (unpaired) electrons. The Morgan fingerprint density at radius 3 is 2.85 bits per heavy atom. The van der Waals surface area contributed by atoms with E-state index in [0.29, 0.717) is 25.1 Å². The van der Waals surface area contributed by atoms with Crippen molar-refractivity contribution in [3.05, 3.63) is 35.4 Å². The van der Waals surface area contributed by atoms with Crippen molar-refractivity contribution in [2.24, 2.45) is 0 Å². The number of hydrogen-bond donors (Lipinski definition) is 1. The number of sulfone groups is 1. The summed E-state index contributed by atoms with van der Waals surface area (Å²) in [6, 6.07) is 7.89. The fourth-order valence-corrected chi connectivity index (χ4v) is 3.87. The molecule has 4 nitrogen and oxygen atoms in total. The van der Waals surface area contributed by atoms with Gasteiger partial charge < -0.3 is 10.0 Å². The smallest absolute Gasteiger partial charge is 0.151 e. The van der Waals surface area contributed by atoms with Crippen LogP contribution in [0.15, 0.2) is 24.3 Å². The lowest BCUT2D eigenvalue weighted by atomic mass is 10.0. The van der Waals surface area contributed by atoms with Gasteiger partial charge in [0.2, 0.25) is 0 Å². The summed E-state index contributed by atoms with van der Waals surface area (Å²) in [7, 11) is -2.85. The Kier molecular flexibility index (Phi) is 5.18. The summed E-state index contributed by atoms with van der Waals surface area (Å²) in [5.74, 6) is 0.539. The van der Waals surface area contributed by atoms with Crippen LogP contribution < -0.4 is 0 Å². The summed E-state index contributed by atoms with van der Waals surface area (Å²) < 4.78 is 23.1. The molecule has 0 aromatic heterocycles. The highest BCUT2D eigenvalue weighted by molar-refractivity contribution is 7.91. The molecule has 5 heteroatoms. The van der Waals surface area contributed by atoms with Crippen LogP contribution in [0, 0.1) is 6.92 Å². The zero-order valence-corrected chi connectivity index (χ0v) is 12.8. The minimum atomic E-state index is -2.85. The lowest BCUT2D eigenvalue weighted by Gasteiger charge is -2.21. The van der Waals surface area contributed by atoms with Crippen molar-refractivity contribution in [3.63, 3.8) is 0 Å². The second-order valence-corrected chi connectivity index (χ2v) is 7.87. The van der Waals surface area contributed by atoms with E-state index in [9.17, 15) is 13.5 Å². The number of aryl methyl sites for hydroxylation is 1. The van der Waals surface area contributed by atoms with E-state index in [-0.39, 0.29) is 5.75 Å². The van der Waals surface area contributed by atoms with Crippen molar-refractivity contribution >= 4 is 9.84 Å². The first-order valence-corrected chi connectivity index (χ1v) is 8.96. The average Bonchev–Trinajstić information content (AvgIpc) is 2.57. The maximum atomic E-state index is 11.5. The highest BCUT2D eigenvalue weighted by Crippen LogP contribution is 2.18. The molecule has 0 spiro atoms. The Bertz CT molecular complexity index is 542. The van der Waals surface area contributed by atoms with Crippen LogP contribution in [0.2, 0.25) is 0 Å². The summed E-state index contributed by atoms with van der Waals surface area (Å²) in [5, 5.41) is 10.2.